The van der Waals surface area contributed by atoms with Crippen molar-refractivity contribution in [2.24, 2.45) is 5.92 Å². The zero-order chi connectivity index (χ0) is 10.9. The SMILES string of the molecule is CC[C@@]1([C@H]2CCCC(=O)C2)C=CC(=O)O1. The first-order valence-electron chi connectivity index (χ1n) is 5.60. The zero-order valence-electron chi connectivity index (χ0n) is 8.99. The fourth-order valence-corrected chi connectivity index (χ4v) is 2.60. The Morgan fingerprint density at radius 3 is 2.87 bits per heavy atom. The predicted octanol–water partition coefficient (Wildman–Crippen LogP) is 2.01. The van der Waals surface area contributed by atoms with Gasteiger partial charge in [0.1, 0.15) is 11.4 Å². The maximum absolute atomic E-state index is 11.4. The van der Waals surface area contributed by atoms with E-state index in [1.807, 2.05) is 13.0 Å². The molecule has 1 aliphatic heterocycles. The summed E-state index contributed by atoms with van der Waals surface area (Å²) >= 11 is 0. The number of hydrogen-bond donors (Lipinski definition) is 0. The molecule has 1 aliphatic carbocycles. The Balaban J connectivity index is 2.16. The molecule has 0 aromatic heterocycles. The van der Waals surface area contributed by atoms with E-state index in [-0.39, 0.29) is 11.9 Å². The third-order valence-electron chi connectivity index (χ3n) is 3.52. The highest BCUT2D eigenvalue weighted by molar-refractivity contribution is 5.85. The van der Waals surface area contributed by atoms with E-state index >= 15 is 0 Å². The van der Waals surface area contributed by atoms with Crippen molar-refractivity contribution >= 4 is 11.8 Å². The van der Waals surface area contributed by atoms with Crippen LogP contribution in [0.25, 0.3) is 0 Å². The fourth-order valence-electron chi connectivity index (χ4n) is 2.60. The monoisotopic (exact) mass is 208 g/mol. The van der Waals surface area contributed by atoms with E-state index in [1.54, 1.807) is 0 Å². The van der Waals surface area contributed by atoms with Crippen molar-refractivity contribution in [2.75, 3.05) is 0 Å². The van der Waals surface area contributed by atoms with Gasteiger partial charge in [0.15, 0.2) is 0 Å². The number of carbonyl (C=O) groups is 2. The highest BCUT2D eigenvalue weighted by Gasteiger charge is 2.43. The summed E-state index contributed by atoms with van der Waals surface area (Å²) in [5.41, 5.74) is -0.493. The van der Waals surface area contributed by atoms with Gasteiger partial charge >= 0.3 is 5.97 Å². The van der Waals surface area contributed by atoms with Crippen molar-refractivity contribution in [2.45, 2.75) is 44.6 Å². The van der Waals surface area contributed by atoms with Crippen molar-refractivity contribution in [1.29, 1.82) is 0 Å². The minimum atomic E-state index is -0.493. The van der Waals surface area contributed by atoms with Gasteiger partial charge in [-0.3, -0.25) is 4.79 Å². The Bertz CT molecular complexity index is 319. The predicted molar refractivity (Wildman–Crippen MR) is 55.2 cm³/mol. The molecule has 0 spiro atoms. The van der Waals surface area contributed by atoms with Crippen LogP contribution in [0.3, 0.4) is 0 Å². The summed E-state index contributed by atoms with van der Waals surface area (Å²) in [7, 11) is 0. The van der Waals surface area contributed by atoms with Crippen molar-refractivity contribution in [3.05, 3.63) is 12.2 Å². The highest BCUT2D eigenvalue weighted by atomic mass is 16.6. The average molecular weight is 208 g/mol. The largest absolute Gasteiger partial charge is 0.451 e. The molecule has 82 valence electrons. The minimum absolute atomic E-state index is 0.187. The van der Waals surface area contributed by atoms with Gasteiger partial charge in [-0.2, -0.15) is 0 Å². The molecule has 2 aliphatic rings. The van der Waals surface area contributed by atoms with Crippen molar-refractivity contribution < 1.29 is 14.3 Å². The van der Waals surface area contributed by atoms with Gasteiger partial charge in [0.05, 0.1) is 0 Å². The van der Waals surface area contributed by atoms with Crippen LogP contribution >= 0.6 is 0 Å². The molecule has 3 heteroatoms. The van der Waals surface area contributed by atoms with Crippen LogP contribution in [0.4, 0.5) is 0 Å². The summed E-state index contributed by atoms with van der Waals surface area (Å²) in [5.74, 6) is 0.219. The summed E-state index contributed by atoms with van der Waals surface area (Å²) in [6, 6.07) is 0. The standard InChI is InChI=1S/C12H16O3/c1-2-12(7-6-11(14)15-12)9-4-3-5-10(13)8-9/h6-7,9H,2-5,8H2,1H3/t9-,12-/m0/s1. The Kier molecular flexibility index (Phi) is 2.63. The van der Waals surface area contributed by atoms with E-state index in [0.29, 0.717) is 18.6 Å². The molecular weight excluding hydrogens is 192 g/mol. The van der Waals surface area contributed by atoms with E-state index < -0.39 is 5.60 Å². The second-order valence-electron chi connectivity index (χ2n) is 4.39. The topological polar surface area (TPSA) is 43.4 Å². The first-order valence-corrected chi connectivity index (χ1v) is 5.60. The molecule has 2 rings (SSSR count). The first kappa shape index (κ1) is 10.4. The molecule has 0 unspecified atom stereocenters. The highest BCUT2D eigenvalue weighted by Crippen LogP contribution is 2.39. The van der Waals surface area contributed by atoms with Gasteiger partial charge in [-0.25, -0.2) is 4.79 Å². The average Bonchev–Trinajstić information content (AvgIpc) is 2.61. The van der Waals surface area contributed by atoms with Crippen molar-refractivity contribution in [3.8, 4) is 0 Å². The zero-order valence-corrected chi connectivity index (χ0v) is 8.99. The van der Waals surface area contributed by atoms with Gasteiger partial charge in [-0.05, 0) is 25.3 Å². The Hall–Kier alpha value is -1.12. The van der Waals surface area contributed by atoms with Crippen LogP contribution in [0, 0.1) is 5.92 Å². The van der Waals surface area contributed by atoms with Gasteiger partial charge in [-0.15, -0.1) is 0 Å². The molecule has 3 nitrogen and oxygen atoms in total. The van der Waals surface area contributed by atoms with Crippen LogP contribution in [0.1, 0.15) is 39.0 Å². The third-order valence-corrected chi connectivity index (χ3v) is 3.52. The summed E-state index contributed by atoms with van der Waals surface area (Å²) in [5, 5.41) is 0. The van der Waals surface area contributed by atoms with Crippen LogP contribution in [0.5, 0.6) is 0 Å². The maximum atomic E-state index is 11.4. The van der Waals surface area contributed by atoms with Crippen molar-refractivity contribution in [1.82, 2.24) is 0 Å². The molecule has 0 radical (unpaired) electrons. The molecule has 0 aromatic carbocycles. The molecule has 0 amide bonds. The first-order chi connectivity index (χ1) is 7.16. The Labute approximate surface area is 89.5 Å². The second kappa shape index (κ2) is 3.80. The number of ether oxygens (including phenoxy) is 1. The van der Waals surface area contributed by atoms with Crippen LogP contribution < -0.4 is 0 Å². The lowest BCUT2D eigenvalue weighted by atomic mass is 9.75. The maximum Gasteiger partial charge on any atom is 0.331 e. The minimum Gasteiger partial charge on any atom is -0.451 e. The van der Waals surface area contributed by atoms with E-state index in [1.165, 1.54) is 6.08 Å². The van der Waals surface area contributed by atoms with Gasteiger partial charge < -0.3 is 4.74 Å². The number of hydrogen-bond acceptors (Lipinski definition) is 3. The molecule has 1 heterocycles. The number of esters is 1. The quantitative estimate of drug-likeness (QED) is 0.652. The molecule has 1 fully saturated rings. The molecular formula is C12H16O3. The molecule has 0 bridgehead atoms. The van der Waals surface area contributed by atoms with Crippen LogP contribution in [0.2, 0.25) is 0 Å². The summed E-state index contributed by atoms with van der Waals surface area (Å²) in [6.45, 7) is 2.00. The summed E-state index contributed by atoms with van der Waals surface area (Å²) < 4.78 is 5.38. The molecule has 1 saturated carbocycles. The third kappa shape index (κ3) is 1.83. The lowest BCUT2D eigenvalue weighted by molar-refractivity contribution is -0.152. The van der Waals surface area contributed by atoms with Gasteiger partial charge in [0, 0.05) is 24.8 Å². The van der Waals surface area contributed by atoms with Crippen LogP contribution in [-0.4, -0.2) is 17.4 Å². The van der Waals surface area contributed by atoms with E-state index in [4.69, 9.17) is 4.74 Å². The number of carbonyl (C=O) groups excluding carboxylic acids is 2. The smallest absolute Gasteiger partial charge is 0.331 e. The lowest BCUT2D eigenvalue weighted by Gasteiger charge is -2.36. The number of rotatable bonds is 2. The number of Topliss-reactive ketones (excluding diaryl/α,β-unsaturated/α-hetero) is 1. The molecule has 15 heavy (non-hydrogen) atoms. The molecule has 0 N–H and O–H groups in total. The van der Waals surface area contributed by atoms with Gasteiger partial charge in [0.2, 0.25) is 0 Å². The van der Waals surface area contributed by atoms with E-state index in [9.17, 15) is 9.59 Å². The van der Waals surface area contributed by atoms with E-state index in [2.05, 4.69) is 0 Å². The molecule has 2 atom stereocenters. The van der Waals surface area contributed by atoms with Crippen molar-refractivity contribution in [3.63, 3.8) is 0 Å². The number of ketones is 1. The van der Waals surface area contributed by atoms with Gasteiger partial charge in [-0.1, -0.05) is 6.92 Å². The number of cyclic esters (lactones) is 1. The van der Waals surface area contributed by atoms with Gasteiger partial charge in [0.25, 0.3) is 0 Å². The van der Waals surface area contributed by atoms with E-state index in [0.717, 1.165) is 19.3 Å². The Morgan fingerprint density at radius 2 is 2.33 bits per heavy atom. The van der Waals surface area contributed by atoms with Crippen LogP contribution in [-0.2, 0) is 14.3 Å². The Morgan fingerprint density at radius 1 is 1.53 bits per heavy atom. The molecule has 0 saturated heterocycles. The lowest BCUT2D eigenvalue weighted by Crippen LogP contribution is -2.39. The van der Waals surface area contributed by atoms with Crippen LogP contribution in [0.15, 0.2) is 12.2 Å². The fraction of sp³-hybridized carbons (Fsp3) is 0.667. The summed E-state index contributed by atoms with van der Waals surface area (Å²) in [6.07, 6.45) is 7.25. The second-order valence-corrected chi connectivity index (χ2v) is 4.39. The summed E-state index contributed by atoms with van der Waals surface area (Å²) in [4.78, 5) is 22.6. The normalized spacial score (nSPS) is 35.7. The molecule has 0 aromatic rings.